The maximum absolute atomic E-state index is 12.8. The Balaban J connectivity index is 1.54. The van der Waals surface area contributed by atoms with Crippen LogP contribution in [0.5, 0.6) is 0 Å². The molecular weight excluding hydrogens is 340 g/mol. The Hall–Kier alpha value is -3.74. The van der Waals surface area contributed by atoms with Crippen LogP contribution in [0.15, 0.2) is 85.6 Å². The summed E-state index contributed by atoms with van der Waals surface area (Å²) in [6, 6.07) is 20.9. The number of hydrogen-bond donors (Lipinski definition) is 1. The van der Waals surface area contributed by atoms with Gasteiger partial charge >= 0.3 is 0 Å². The maximum Gasteiger partial charge on any atom is 0.272 e. The molecule has 0 saturated carbocycles. The Morgan fingerprint density at radius 3 is 2.44 bits per heavy atom. The van der Waals surface area contributed by atoms with Gasteiger partial charge in [-0.05, 0) is 23.8 Å². The van der Waals surface area contributed by atoms with Crippen molar-refractivity contribution < 1.29 is 4.79 Å². The van der Waals surface area contributed by atoms with Crippen LogP contribution in [0.25, 0.3) is 5.69 Å². The number of nitrogens with zero attached hydrogens (tertiary/aromatic N) is 5. The molecule has 2 aromatic heterocycles. The van der Waals surface area contributed by atoms with Crippen molar-refractivity contribution in [3.8, 4) is 5.69 Å². The summed E-state index contributed by atoms with van der Waals surface area (Å²) < 4.78 is 3.38. The van der Waals surface area contributed by atoms with Crippen LogP contribution in [0.1, 0.15) is 22.1 Å². The first-order chi connectivity index (χ1) is 13.3. The number of nitrogens with one attached hydrogen (secondary N) is 1. The summed E-state index contributed by atoms with van der Waals surface area (Å²) in [5.74, 6) is -0.237. The summed E-state index contributed by atoms with van der Waals surface area (Å²) in [6.07, 6.45) is 4.89. The smallest absolute Gasteiger partial charge is 0.272 e. The zero-order valence-corrected chi connectivity index (χ0v) is 14.5. The summed E-state index contributed by atoms with van der Waals surface area (Å²) in [4.78, 5) is 16.7. The summed E-state index contributed by atoms with van der Waals surface area (Å²) in [7, 11) is 0. The topological polar surface area (TPSA) is 77.6 Å². The van der Waals surface area contributed by atoms with E-state index >= 15 is 0 Å². The van der Waals surface area contributed by atoms with Crippen LogP contribution in [0.4, 0.5) is 0 Å². The van der Waals surface area contributed by atoms with E-state index in [4.69, 9.17) is 0 Å². The summed E-state index contributed by atoms with van der Waals surface area (Å²) in [5, 5.41) is 11.6. The Kier molecular flexibility index (Phi) is 4.74. The van der Waals surface area contributed by atoms with Crippen LogP contribution in [0, 0.1) is 0 Å². The van der Waals surface area contributed by atoms with Crippen molar-refractivity contribution in [2.45, 2.75) is 12.6 Å². The monoisotopic (exact) mass is 358 g/mol. The van der Waals surface area contributed by atoms with Crippen molar-refractivity contribution in [1.82, 2.24) is 29.9 Å². The molecule has 0 radical (unpaired) electrons. The van der Waals surface area contributed by atoms with Crippen LogP contribution in [0.3, 0.4) is 0 Å². The van der Waals surface area contributed by atoms with E-state index in [2.05, 4.69) is 20.5 Å². The van der Waals surface area contributed by atoms with E-state index in [0.717, 1.165) is 11.3 Å². The zero-order valence-electron chi connectivity index (χ0n) is 14.5. The van der Waals surface area contributed by atoms with Gasteiger partial charge in [0.2, 0.25) is 0 Å². The molecule has 2 aromatic carbocycles. The maximum atomic E-state index is 12.8. The second-order valence-corrected chi connectivity index (χ2v) is 6.04. The molecule has 4 aromatic rings. The van der Waals surface area contributed by atoms with Crippen LogP contribution >= 0.6 is 0 Å². The van der Waals surface area contributed by atoms with Crippen LogP contribution in [-0.2, 0) is 6.54 Å². The standard InChI is InChI=1S/C20H18N6O/c27-20(18-11-12-26(24-18)17-9-5-2-6-10-17)23-19(13-25-15-21-14-22-25)16-7-3-1-4-8-16/h1-12,14-15,19H,13H2,(H,23,27). The van der Waals surface area contributed by atoms with Gasteiger partial charge in [-0.1, -0.05) is 48.5 Å². The van der Waals surface area contributed by atoms with E-state index in [1.165, 1.54) is 6.33 Å². The third-order valence-corrected chi connectivity index (χ3v) is 4.19. The van der Waals surface area contributed by atoms with Crippen molar-refractivity contribution in [3.05, 3.63) is 96.8 Å². The average Bonchev–Trinajstić information content (AvgIpc) is 3.41. The molecule has 1 amide bonds. The molecule has 7 heteroatoms. The Morgan fingerprint density at radius 2 is 1.74 bits per heavy atom. The van der Waals surface area contributed by atoms with Gasteiger partial charge in [0.1, 0.15) is 12.7 Å². The lowest BCUT2D eigenvalue weighted by atomic mass is 10.1. The van der Waals surface area contributed by atoms with Gasteiger partial charge in [0.05, 0.1) is 18.3 Å². The largest absolute Gasteiger partial charge is 0.342 e. The Bertz CT molecular complexity index is 995. The summed E-state index contributed by atoms with van der Waals surface area (Å²) in [5.41, 5.74) is 2.25. The summed E-state index contributed by atoms with van der Waals surface area (Å²) in [6.45, 7) is 0.481. The third kappa shape index (κ3) is 3.92. The van der Waals surface area contributed by atoms with E-state index in [1.807, 2.05) is 60.7 Å². The molecule has 1 unspecified atom stereocenters. The highest BCUT2D eigenvalue weighted by atomic mass is 16.2. The van der Waals surface area contributed by atoms with Crippen molar-refractivity contribution in [2.75, 3.05) is 0 Å². The number of rotatable bonds is 6. The number of aromatic nitrogens is 5. The van der Waals surface area contributed by atoms with E-state index in [9.17, 15) is 4.79 Å². The first kappa shape index (κ1) is 16.7. The minimum atomic E-state index is -0.248. The minimum absolute atomic E-state index is 0.237. The number of hydrogen-bond acceptors (Lipinski definition) is 4. The molecule has 27 heavy (non-hydrogen) atoms. The number of carbonyl (C=O) groups is 1. The van der Waals surface area contributed by atoms with Gasteiger partial charge in [-0.2, -0.15) is 10.2 Å². The SMILES string of the molecule is O=C(NC(Cn1cncn1)c1ccccc1)c1ccn(-c2ccccc2)n1. The molecule has 0 aliphatic carbocycles. The van der Waals surface area contributed by atoms with E-state index < -0.39 is 0 Å². The van der Waals surface area contributed by atoms with Gasteiger partial charge in [-0.15, -0.1) is 0 Å². The predicted molar refractivity (Wildman–Crippen MR) is 100 cm³/mol. The second kappa shape index (κ2) is 7.65. The Morgan fingerprint density at radius 1 is 1.00 bits per heavy atom. The first-order valence-electron chi connectivity index (χ1n) is 8.59. The molecule has 0 spiro atoms. The highest BCUT2D eigenvalue weighted by molar-refractivity contribution is 5.92. The van der Waals surface area contributed by atoms with E-state index in [1.54, 1.807) is 28.0 Å². The molecule has 0 saturated heterocycles. The number of benzene rings is 2. The number of carbonyl (C=O) groups excluding carboxylic acids is 1. The third-order valence-electron chi connectivity index (χ3n) is 4.19. The van der Waals surface area contributed by atoms with Gasteiger partial charge < -0.3 is 5.32 Å². The van der Waals surface area contributed by atoms with Crippen LogP contribution in [0.2, 0.25) is 0 Å². The molecule has 4 rings (SSSR count). The molecular formula is C20H18N6O. The van der Waals surface area contributed by atoms with Crippen LogP contribution in [-0.4, -0.2) is 30.5 Å². The first-order valence-corrected chi connectivity index (χ1v) is 8.59. The van der Waals surface area contributed by atoms with E-state index in [-0.39, 0.29) is 11.9 Å². The van der Waals surface area contributed by atoms with Crippen molar-refractivity contribution in [3.63, 3.8) is 0 Å². The predicted octanol–water partition coefficient (Wildman–Crippen LogP) is 2.64. The molecule has 1 N–H and O–H groups in total. The molecule has 1 atom stereocenters. The summed E-state index contributed by atoms with van der Waals surface area (Å²) >= 11 is 0. The normalized spacial score (nSPS) is 11.9. The Labute approximate surface area is 156 Å². The lowest BCUT2D eigenvalue weighted by Gasteiger charge is -2.18. The van der Waals surface area contributed by atoms with Crippen LogP contribution < -0.4 is 5.32 Å². The quantitative estimate of drug-likeness (QED) is 0.575. The lowest BCUT2D eigenvalue weighted by Crippen LogP contribution is -2.32. The van der Waals surface area contributed by atoms with Crippen molar-refractivity contribution >= 4 is 5.91 Å². The highest BCUT2D eigenvalue weighted by Gasteiger charge is 2.18. The van der Waals surface area contributed by atoms with Gasteiger partial charge in [0.15, 0.2) is 5.69 Å². The van der Waals surface area contributed by atoms with Gasteiger partial charge in [0, 0.05) is 6.20 Å². The van der Waals surface area contributed by atoms with Gasteiger partial charge in [0.25, 0.3) is 5.91 Å². The molecule has 0 aliphatic heterocycles. The fraction of sp³-hybridized carbons (Fsp3) is 0.100. The highest BCUT2D eigenvalue weighted by Crippen LogP contribution is 2.16. The second-order valence-electron chi connectivity index (χ2n) is 6.04. The fourth-order valence-electron chi connectivity index (χ4n) is 2.84. The van der Waals surface area contributed by atoms with Gasteiger partial charge in [-0.3, -0.25) is 9.48 Å². The fourth-order valence-corrected chi connectivity index (χ4v) is 2.84. The molecule has 0 fully saturated rings. The van der Waals surface area contributed by atoms with Crippen molar-refractivity contribution in [1.29, 1.82) is 0 Å². The number of amides is 1. The van der Waals surface area contributed by atoms with Gasteiger partial charge in [-0.25, -0.2) is 9.67 Å². The molecule has 7 nitrogen and oxygen atoms in total. The van der Waals surface area contributed by atoms with Crippen molar-refractivity contribution in [2.24, 2.45) is 0 Å². The lowest BCUT2D eigenvalue weighted by molar-refractivity contribution is 0.0926. The molecule has 0 bridgehead atoms. The zero-order chi connectivity index (χ0) is 18.5. The molecule has 0 aliphatic rings. The molecule has 2 heterocycles. The number of para-hydroxylation sites is 1. The molecule has 134 valence electrons. The average molecular weight is 358 g/mol. The minimum Gasteiger partial charge on any atom is -0.342 e. The van der Waals surface area contributed by atoms with E-state index in [0.29, 0.717) is 12.2 Å².